The number of carbonyl (C=O) groups excluding carboxylic acids is 1. The van der Waals surface area contributed by atoms with Gasteiger partial charge in [0, 0.05) is 24.1 Å². The molecule has 3 aromatic rings. The Bertz CT molecular complexity index is 1110. The second-order valence-electron chi connectivity index (χ2n) is 11.0. The highest BCUT2D eigenvalue weighted by atomic mass is 16.1. The third-order valence-electron chi connectivity index (χ3n) is 6.18. The number of imidazole rings is 1. The molecular formula is C25H32N4O. The molecule has 5 heteroatoms. The molecule has 2 N–H and O–H groups in total. The van der Waals surface area contributed by atoms with Crippen molar-refractivity contribution in [2.75, 3.05) is 5.32 Å². The highest BCUT2D eigenvalue weighted by Gasteiger charge is 2.42. The van der Waals surface area contributed by atoms with E-state index in [9.17, 15) is 4.79 Å². The molecule has 0 saturated heterocycles. The fourth-order valence-electron chi connectivity index (χ4n) is 5.13. The summed E-state index contributed by atoms with van der Waals surface area (Å²) in [5.41, 5.74) is 7.24. The lowest BCUT2D eigenvalue weighted by molar-refractivity contribution is -0.114. The van der Waals surface area contributed by atoms with Crippen LogP contribution in [0.5, 0.6) is 0 Å². The summed E-state index contributed by atoms with van der Waals surface area (Å²) in [6.07, 6.45) is 2.92. The highest BCUT2D eigenvalue weighted by Crippen LogP contribution is 2.50. The average Bonchev–Trinajstić information content (AvgIpc) is 3.08. The molecule has 4 rings (SSSR count). The first-order valence-corrected chi connectivity index (χ1v) is 10.6. The lowest BCUT2D eigenvalue weighted by Crippen LogP contribution is -2.19. The van der Waals surface area contributed by atoms with Crippen LogP contribution in [0.25, 0.3) is 22.4 Å². The first-order chi connectivity index (χ1) is 13.8. The summed E-state index contributed by atoms with van der Waals surface area (Å²) in [5.74, 6) is 0.634. The molecular weight excluding hydrogens is 372 g/mol. The number of carbonyl (C=O) groups is 1. The molecule has 0 bridgehead atoms. The summed E-state index contributed by atoms with van der Waals surface area (Å²) in [5, 5.41) is 3.00. The van der Waals surface area contributed by atoms with Gasteiger partial charge in [-0.05, 0) is 46.6 Å². The summed E-state index contributed by atoms with van der Waals surface area (Å²) in [7, 11) is 0. The molecule has 0 saturated carbocycles. The van der Waals surface area contributed by atoms with Gasteiger partial charge in [-0.1, -0.05) is 48.5 Å². The van der Waals surface area contributed by atoms with Gasteiger partial charge in [0.15, 0.2) is 0 Å². The van der Waals surface area contributed by atoms with Crippen LogP contribution in [0.2, 0.25) is 0 Å². The summed E-state index contributed by atoms with van der Waals surface area (Å²) < 4.78 is 0. The predicted octanol–water partition coefficient (Wildman–Crippen LogP) is 5.84. The minimum Gasteiger partial charge on any atom is -0.338 e. The molecule has 1 aliphatic carbocycles. The maximum absolute atomic E-state index is 12.0. The van der Waals surface area contributed by atoms with E-state index in [1.165, 1.54) is 18.1 Å². The van der Waals surface area contributed by atoms with Crippen LogP contribution in [-0.2, 0) is 21.0 Å². The van der Waals surface area contributed by atoms with Crippen molar-refractivity contribution in [1.82, 2.24) is 15.0 Å². The van der Waals surface area contributed by atoms with Gasteiger partial charge in [0.25, 0.3) is 0 Å². The van der Waals surface area contributed by atoms with Crippen molar-refractivity contribution >= 4 is 22.6 Å². The standard InChI is InChI=1S/C25H32N4O/c1-14(30)27-20-15(9-10-26-21(20)23(2,3)4)22-28-18-11-16-17(12-19(18)29-22)25(7,8)13-24(16,5)6/h9-12H,13H2,1-8H3,(H,27,30)(H,28,29). The van der Waals surface area contributed by atoms with E-state index in [0.717, 1.165) is 40.2 Å². The van der Waals surface area contributed by atoms with Crippen LogP contribution < -0.4 is 5.32 Å². The molecule has 5 nitrogen and oxygen atoms in total. The van der Waals surface area contributed by atoms with E-state index in [2.05, 4.69) is 75.9 Å². The first kappa shape index (κ1) is 20.6. The summed E-state index contributed by atoms with van der Waals surface area (Å²) in [6, 6.07) is 6.42. The lowest BCUT2D eigenvalue weighted by atomic mass is 9.82. The van der Waals surface area contributed by atoms with Crippen LogP contribution in [0, 0.1) is 0 Å². The minimum atomic E-state index is -0.213. The highest BCUT2D eigenvalue weighted by molar-refractivity contribution is 5.95. The zero-order chi connectivity index (χ0) is 22.1. The molecule has 0 aliphatic heterocycles. The number of amides is 1. The fraction of sp³-hybridized carbons (Fsp3) is 0.480. The van der Waals surface area contributed by atoms with Crippen molar-refractivity contribution in [2.24, 2.45) is 0 Å². The Morgan fingerprint density at radius 3 is 2.33 bits per heavy atom. The van der Waals surface area contributed by atoms with Crippen molar-refractivity contribution in [3.8, 4) is 11.4 Å². The minimum absolute atomic E-state index is 0.117. The van der Waals surface area contributed by atoms with E-state index < -0.39 is 0 Å². The molecule has 30 heavy (non-hydrogen) atoms. The van der Waals surface area contributed by atoms with Gasteiger partial charge >= 0.3 is 0 Å². The van der Waals surface area contributed by atoms with Gasteiger partial charge in [-0.25, -0.2) is 4.98 Å². The van der Waals surface area contributed by atoms with E-state index in [4.69, 9.17) is 4.98 Å². The maximum Gasteiger partial charge on any atom is 0.221 e. The summed E-state index contributed by atoms with van der Waals surface area (Å²) in [4.78, 5) is 25.0. The second-order valence-corrected chi connectivity index (χ2v) is 11.0. The number of pyridine rings is 1. The van der Waals surface area contributed by atoms with Crippen LogP contribution in [0.4, 0.5) is 5.69 Å². The Balaban J connectivity index is 1.93. The number of hydrogen-bond acceptors (Lipinski definition) is 3. The number of rotatable bonds is 2. The molecule has 1 amide bonds. The molecule has 158 valence electrons. The van der Waals surface area contributed by atoms with Crippen molar-refractivity contribution in [3.63, 3.8) is 0 Å². The van der Waals surface area contributed by atoms with Gasteiger partial charge in [-0.2, -0.15) is 0 Å². The Morgan fingerprint density at radius 1 is 1.10 bits per heavy atom. The molecule has 1 aromatic carbocycles. The van der Waals surface area contributed by atoms with Crippen LogP contribution in [0.3, 0.4) is 0 Å². The largest absolute Gasteiger partial charge is 0.338 e. The van der Waals surface area contributed by atoms with Crippen molar-refractivity contribution in [2.45, 2.75) is 78.1 Å². The molecule has 2 heterocycles. The average molecular weight is 405 g/mol. The molecule has 1 aliphatic rings. The van der Waals surface area contributed by atoms with Gasteiger partial charge < -0.3 is 10.3 Å². The normalized spacial score (nSPS) is 17.2. The molecule has 0 atom stereocenters. The molecule has 2 aromatic heterocycles. The Morgan fingerprint density at radius 2 is 1.73 bits per heavy atom. The van der Waals surface area contributed by atoms with E-state index in [-0.39, 0.29) is 22.2 Å². The smallest absolute Gasteiger partial charge is 0.221 e. The first-order valence-electron chi connectivity index (χ1n) is 10.6. The van der Waals surface area contributed by atoms with E-state index >= 15 is 0 Å². The molecule has 0 spiro atoms. The fourth-order valence-corrected chi connectivity index (χ4v) is 5.13. The Labute approximate surface area is 178 Å². The number of benzene rings is 1. The number of fused-ring (bicyclic) bond motifs is 2. The number of anilines is 1. The van der Waals surface area contributed by atoms with Gasteiger partial charge in [-0.15, -0.1) is 0 Å². The van der Waals surface area contributed by atoms with Crippen LogP contribution in [0.1, 0.15) is 78.6 Å². The van der Waals surface area contributed by atoms with Crippen LogP contribution >= 0.6 is 0 Å². The number of hydrogen-bond donors (Lipinski definition) is 2. The number of aromatic nitrogens is 3. The number of nitrogens with zero attached hydrogens (tertiary/aromatic N) is 2. The molecule has 0 fully saturated rings. The predicted molar refractivity (Wildman–Crippen MR) is 123 cm³/mol. The van der Waals surface area contributed by atoms with Crippen molar-refractivity contribution in [1.29, 1.82) is 0 Å². The summed E-state index contributed by atoms with van der Waals surface area (Å²) >= 11 is 0. The zero-order valence-electron chi connectivity index (χ0n) is 19.3. The van der Waals surface area contributed by atoms with Gasteiger partial charge in [0.1, 0.15) is 5.82 Å². The molecule has 0 unspecified atom stereocenters. The monoisotopic (exact) mass is 404 g/mol. The number of nitrogens with one attached hydrogen (secondary N) is 2. The van der Waals surface area contributed by atoms with Gasteiger partial charge in [0.05, 0.1) is 22.4 Å². The maximum atomic E-state index is 12.0. The van der Waals surface area contributed by atoms with Crippen molar-refractivity contribution in [3.05, 3.63) is 41.2 Å². The number of H-pyrrole nitrogens is 1. The number of aromatic amines is 1. The third kappa shape index (κ3) is 3.30. The van der Waals surface area contributed by atoms with E-state index in [1.54, 1.807) is 6.20 Å². The van der Waals surface area contributed by atoms with Crippen LogP contribution in [-0.4, -0.2) is 20.9 Å². The van der Waals surface area contributed by atoms with E-state index in [1.807, 2.05) is 6.07 Å². The van der Waals surface area contributed by atoms with E-state index in [0.29, 0.717) is 0 Å². The van der Waals surface area contributed by atoms with Gasteiger partial charge in [0.2, 0.25) is 5.91 Å². The quantitative estimate of drug-likeness (QED) is 0.564. The van der Waals surface area contributed by atoms with Crippen LogP contribution in [0.15, 0.2) is 24.4 Å². The SMILES string of the molecule is CC(=O)Nc1c(-c2nc3cc4c(cc3[nH]2)C(C)(C)CC4(C)C)ccnc1C(C)(C)C. The lowest BCUT2D eigenvalue weighted by Gasteiger charge is -2.23. The second kappa shape index (κ2) is 6.40. The summed E-state index contributed by atoms with van der Waals surface area (Å²) in [6.45, 7) is 17.1. The third-order valence-corrected chi connectivity index (χ3v) is 6.18. The Hall–Kier alpha value is -2.69. The van der Waals surface area contributed by atoms with Gasteiger partial charge in [-0.3, -0.25) is 9.78 Å². The zero-order valence-corrected chi connectivity index (χ0v) is 19.3. The Kier molecular flexibility index (Phi) is 4.39. The van der Waals surface area contributed by atoms with Crippen molar-refractivity contribution < 1.29 is 4.79 Å². The topological polar surface area (TPSA) is 70.7 Å². The molecule has 0 radical (unpaired) electrons.